The number of nitrogens with zero attached hydrogens (tertiary/aromatic N) is 1. The summed E-state index contributed by atoms with van der Waals surface area (Å²) in [4.78, 5) is 14.0. The SMILES string of the molecule is CC(C)c1ccc(NS(=O)(=O)c2ccc(NC(=O)N3CCCC3)cc2)cc1. The minimum Gasteiger partial charge on any atom is -0.325 e. The zero-order valence-corrected chi connectivity index (χ0v) is 16.4. The van der Waals surface area contributed by atoms with Gasteiger partial charge >= 0.3 is 6.03 Å². The summed E-state index contributed by atoms with van der Waals surface area (Å²) in [6.07, 6.45) is 2.04. The summed E-state index contributed by atoms with van der Waals surface area (Å²) in [5, 5.41) is 2.80. The van der Waals surface area contributed by atoms with Crippen LogP contribution in [0.1, 0.15) is 38.2 Å². The summed E-state index contributed by atoms with van der Waals surface area (Å²) < 4.78 is 27.7. The molecule has 0 aliphatic carbocycles. The van der Waals surface area contributed by atoms with E-state index in [-0.39, 0.29) is 10.9 Å². The van der Waals surface area contributed by atoms with Crippen LogP contribution in [0.15, 0.2) is 53.4 Å². The van der Waals surface area contributed by atoms with E-state index in [2.05, 4.69) is 23.9 Å². The molecule has 1 aliphatic rings. The Bertz CT molecular complexity index is 885. The summed E-state index contributed by atoms with van der Waals surface area (Å²) in [5.74, 6) is 0.388. The molecule has 2 aromatic rings. The first-order valence-electron chi connectivity index (χ1n) is 9.14. The van der Waals surface area contributed by atoms with Crippen LogP contribution in [0.5, 0.6) is 0 Å². The fourth-order valence-corrected chi connectivity index (χ4v) is 4.05. The summed E-state index contributed by atoms with van der Waals surface area (Å²) in [6.45, 7) is 5.70. The molecule has 6 nitrogen and oxygen atoms in total. The van der Waals surface area contributed by atoms with E-state index in [1.165, 1.54) is 12.1 Å². The molecule has 1 fully saturated rings. The van der Waals surface area contributed by atoms with Crippen molar-refractivity contribution in [2.45, 2.75) is 37.5 Å². The Morgan fingerprint density at radius 1 is 0.926 bits per heavy atom. The first-order valence-corrected chi connectivity index (χ1v) is 10.6. The number of sulfonamides is 1. The average molecular weight is 388 g/mol. The van der Waals surface area contributed by atoms with Gasteiger partial charge in [-0.05, 0) is 60.7 Å². The van der Waals surface area contributed by atoms with Gasteiger partial charge in [-0.3, -0.25) is 4.72 Å². The maximum Gasteiger partial charge on any atom is 0.321 e. The zero-order chi connectivity index (χ0) is 19.4. The van der Waals surface area contributed by atoms with Crippen molar-refractivity contribution in [3.8, 4) is 0 Å². The van der Waals surface area contributed by atoms with E-state index in [0.29, 0.717) is 17.3 Å². The van der Waals surface area contributed by atoms with Crippen LogP contribution in [-0.2, 0) is 10.0 Å². The Morgan fingerprint density at radius 3 is 2.04 bits per heavy atom. The molecule has 27 heavy (non-hydrogen) atoms. The maximum atomic E-state index is 12.6. The van der Waals surface area contributed by atoms with E-state index in [1.807, 2.05) is 12.1 Å². The van der Waals surface area contributed by atoms with E-state index in [0.717, 1.165) is 31.5 Å². The van der Waals surface area contributed by atoms with Gasteiger partial charge in [-0.1, -0.05) is 26.0 Å². The number of hydrogen-bond donors (Lipinski definition) is 2. The Hall–Kier alpha value is -2.54. The molecule has 7 heteroatoms. The van der Waals surface area contributed by atoms with Gasteiger partial charge in [0.25, 0.3) is 10.0 Å². The van der Waals surface area contributed by atoms with Crippen molar-refractivity contribution in [1.82, 2.24) is 4.90 Å². The minimum absolute atomic E-state index is 0.147. The number of nitrogens with one attached hydrogen (secondary N) is 2. The van der Waals surface area contributed by atoms with Crippen molar-refractivity contribution in [2.24, 2.45) is 0 Å². The van der Waals surface area contributed by atoms with Gasteiger partial charge < -0.3 is 10.2 Å². The molecule has 0 bridgehead atoms. The van der Waals surface area contributed by atoms with Gasteiger partial charge in [0.2, 0.25) is 0 Å². The molecule has 1 heterocycles. The van der Waals surface area contributed by atoms with Crippen LogP contribution in [-0.4, -0.2) is 32.4 Å². The lowest BCUT2D eigenvalue weighted by atomic mass is 10.0. The van der Waals surface area contributed by atoms with Crippen molar-refractivity contribution >= 4 is 27.4 Å². The fourth-order valence-electron chi connectivity index (χ4n) is 2.99. The van der Waals surface area contributed by atoms with Crippen molar-refractivity contribution in [1.29, 1.82) is 0 Å². The van der Waals surface area contributed by atoms with E-state index in [9.17, 15) is 13.2 Å². The van der Waals surface area contributed by atoms with Crippen LogP contribution >= 0.6 is 0 Å². The molecular weight excluding hydrogens is 362 g/mol. The van der Waals surface area contributed by atoms with Crippen LogP contribution in [0.3, 0.4) is 0 Å². The molecule has 0 atom stereocenters. The number of urea groups is 1. The normalized spacial score (nSPS) is 14.4. The lowest BCUT2D eigenvalue weighted by molar-refractivity contribution is 0.222. The highest BCUT2D eigenvalue weighted by molar-refractivity contribution is 7.92. The number of carbonyl (C=O) groups excluding carboxylic acids is 1. The lowest BCUT2D eigenvalue weighted by Crippen LogP contribution is -2.32. The number of rotatable bonds is 5. The van der Waals surface area contributed by atoms with Gasteiger partial charge in [-0.25, -0.2) is 13.2 Å². The number of anilines is 2. The molecule has 0 radical (unpaired) electrons. The highest BCUT2D eigenvalue weighted by Gasteiger charge is 2.18. The number of hydrogen-bond acceptors (Lipinski definition) is 3. The largest absolute Gasteiger partial charge is 0.325 e. The first-order chi connectivity index (χ1) is 12.8. The Balaban J connectivity index is 1.66. The van der Waals surface area contributed by atoms with Gasteiger partial charge in [0, 0.05) is 24.5 Å². The molecule has 1 aliphatic heterocycles. The van der Waals surface area contributed by atoms with Crippen molar-refractivity contribution < 1.29 is 13.2 Å². The van der Waals surface area contributed by atoms with E-state index in [1.54, 1.807) is 29.2 Å². The Labute approximate surface area is 160 Å². The molecule has 2 aromatic carbocycles. The molecular formula is C20H25N3O3S. The summed E-state index contributed by atoms with van der Waals surface area (Å²) in [5.41, 5.74) is 2.24. The van der Waals surface area contributed by atoms with Crippen LogP contribution < -0.4 is 10.0 Å². The van der Waals surface area contributed by atoms with Crippen LogP contribution in [0.4, 0.5) is 16.2 Å². The fraction of sp³-hybridized carbons (Fsp3) is 0.350. The van der Waals surface area contributed by atoms with Crippen molar-refractivity contribution in [2.75, 3.05) is 23.1 Å². The first kappa shape index (κ1) is 19.2. The quantitative estimate of drug-likeness (QED) is 0.805. The highest BCUT2D eigenvalue weighted by Crippen LogP contribution is 2.21. The Kier molecular flexibility index (Phi) is 5.70. The number of benzene rings is 2. The predicted molar refractivity (Wildman–Crippen MR) is 108 cm³/mol. The molecule has 2 N–H and O–H groups in total. The zero-order valence-electron chi connectivity index (χ0n) is 15.6. The highest BCUT2D eigenvalue weighted by atomic mass is 32.2. The molecule has 3 rings (SSSR count). The predicted octanol–water partition coefficient (Wildman–Crippen LogP) is 4.24. The van der Waals surface area contributed by atoms with Crippen LogP contribution in [0, 0.1) is 0 Å². The second-order valence-electron chi connectivity index (χ2n) is 7.03. The lowest BCUT2D eigenvalue weighted by Gasteiger charge is -2.16. The minimum atomic E-state index is -3.68. The standard InChI is InChI=1S/C20H25N3O3S/c1-15(2)16-5-7-18(8-6-16)22-27(25,26)19-11-9-17(10-12-19)21-20(24)23-13-3-4-14-23/h5-12,15,22H,3-4,13-14H2,1-2H3,(H,21,24). The summed E-state index contributed by atoms with van der Waals surface area (Å²) in [6, 6.07) is 13.4. The van der Waals surface area contributed by atoms with Crippen molar-refractivity contribution in [3.05, 3.63) is 54.1 Å². The molecule has 144 valence electrons. The molecule has 2 amide bonds. The van der Waals surface area contributed by atoms with Gasteiger partial charge in [-0.2, -0.15) is 0 Å². The van der Waals surface area contributed by atoms with E-state index < -0.39 is 10.0 Å². The number of likely N-dealkylation sites (tertiary alicyclic amines) is 1. The Morgan fingerprint density at radius 2 is 1.48 bits per heavy atom. The molecule has 0 spiro atoms. The van der Waals surface area contributed by atoms with Gasteiger partial charge in [0.15, 0.2) is 0 Å². The van der Waals surface area contributed by atoms with Crippen LogP contribution in [0.25, 0.3) is 0 Å². The molecule has 0 unspecified atom stereocenters. The summed E-state index contributed by atoms with van der Waals surface area (Å²) in [7, 11) is -3.68. The second kappa shape index (κ2) is 8.00. The average Bonchev–Trinajstić information content (AvgIpc) is 3.17. The number of amides is 2. The third-order valence-corrected chi connectivity index (χ3v) is 6.04. The third-order valence-electron chi connectivity index (χ3n) is 4.64. The second-order valence-corrected chi connectivity index (χ2v) is 8.71. The summed E-state index contributed by atoms with van der Waals surface area (Å²) >= 11 is 0. The number of carbonyl (C=O) groups is 1. The van der Waals surface area contributed by atoms with E-state index in [4.69, 9.17) is 0 Å². The van der Waals surface area contributed by atoms with Gasteiger partial charge in [-0.15, -0.1) is 0 Å². The molecule has 1 saturated heterocycles. The third kappa shape index (κ3) is 4.80. The van der Waals surface area contributed by atoms with Crippen molar-refractivity contribution in [3.63, 3.8) is 0 Å². The monoisotopic (exact) mass is 387 g/mol. The van der Waals surface area contributed by atoms with E-state index >= 15 is 0 Å². The van der Waals surface area contributed by atoms with Gasteiger partial charge in [0.1, 0.15) is 0 Å². The smallest absolute Gasteiger partial charge is 0.321 e. The van der Waals surface area contributed by atoms with Crippen LogP contribution in [0.2, 0.25) is 0 Å². The van der Waals surface area contributed by atoms with Gasteiger partial charge in [0.05, 0.1) is 4.90 Å². The topological polar surface area (TPSA) is 78.5 Å². The maximum absolute atomic E-state index is 12.6. The molecule has 0 aromatic heterocycles. The molecule has 0 saturated carbocycles.